The molecule has 9 heteroatoms. The van der Waals surface area contributed by atoms with Crippen molar-refractivity contribution in [3.05, 3.63) is 48.0 Å². The van der Waals surface area contributed by atoms with Crippen LogP contribution in [0.15, 0.2) is 51.7 Å². The Morgan fingerprint density at radius 2 is 2.00 bits per heavy atom. The molecule has 1 amide bonds. The predicted molar refractivity (Wildman–Crippen MR) is 118 cm³/mol. The highest BCUT2D eigenvalue weighted by atomic mass is 32.2. The standard InChI is InChI=1S/C20H21N3O3S3/c1-13-5-8-15(9-6-13)29(25,26)23-11-3-4-17(23)19(24)21-14-7-10-16-18(12-14)28-20(22-16)27-2/h5-10,12,17H,3-4,11H2,1-2H3,(H,21,24). The summed E-state index contributed by atoms with van der Waals surface area (Å²) in [7, 11) is -3.71. The number of carbonyl (C=O) groups is 1. The minimum absolute atomic E-state index is 0.221. The van der Waals surface area contributed by atoms with Gasteiger partial charge in [0.05, 0.1) is 15.1 Å². The molecule has 0 aliphatic carbocycles. The summed E-state index contributed by atoms with van der Waals surface area (Å²) in [5.41, 5.74) is 2.53. The maximum absolute atomic E-state index is 13.1. The Balaban J connectivity index is 1.55. The van der Waals surface area contributed by atoms with Crippen LogP contribution in [0.2, 0.25) is 0 Å². The van der Waals surface area contributed by atoms with Gasteiger partial charge in [-0.05, 0) is 56.4 Å². The lowest BCUT2D eigenvalue weighted by molar-refractivity contribution is -0.119. The molecule has 1 aliphatic rings. The van der Waals surface area contributed by atoms with Gasteiger partial charge in [0, 0.05) is 12.2 Å². The number of thioether (sulfide) groups is 1. The van der Waals surface area contributed by atoms with Crippen LogP contribution in [0.1, 0.15) is 18.4 Å². The van der Waals surface area contributed by atoms with Gasteiger partial charge in [0.1, 0.15) is 6.04 Å². The highest BCUT2D eigenvalue weighted by molar-refractivity contribution is 8.00. The van der Waals surface area contributed by atoms with Crippen molar-refractivity contribution >= 4 is 54.9 Å². The average molecular weight is 448 g/mol. The normalized spacial score (nSPS) is 17.7. The van der Waals surface area contributed by atoms with E-state index in [0.29, 0.717) is 25.1 Å². The molecule has 1 unspecified atom stereocenters. The molecule has 1 N–H and O–H groups in total. The fourth-order valence-corrected chi connectivity index (χ4v) is 6.61. The van der Waals surface area contributed by atoms with Gasteiger partial charge in [-0.3, -0.25) is 4.79 Å². The minimum atomic E-state index is -3.71. The van der Waals surface area contributed by atoms with Gasteiger partial charge in [0.2, 0.25) is 15.9 Å². The number of thiazole rings is 1. The van der Waals surface area contributed by atoms with Crippen molar-refractivity contribution < 1.29 is 13.2 Å². The Morgan fingerprint density at radius 1 is 1.24 bits per heavy atom. The van der Waals surface area contributed by atoms with E-state index >= 15 is 0 Å². The quantitative estimate of drug-likeness (QED) is 0.595. The predicted octanol–water partition coefficient (Wildman–Crippen LogP) is 4.12. The van der Waals surface area contributed by atoms with E-state index in [4.69, 9.17) is 0 Å². The van der Waals surface area contributed by atoms with Gasteiger partial charge in [-0.2, -0.15) is 4.31 Å². The van der Waals surface area contributed by atoms with Crippen molar-refractivity contribution in [1.29, 1.82) is 0 Å². The number of nitrogens with one attached hydrogen (secondary N) is 1. The Morgan fingerprint density at radius 3 is 2.72 bits per heavy atom. The summed E-state index contributed by atoms with van der Waals surface area (Å²) >= 11 is 3.15. The molecule has 0 saturated carbocycles. The number of anilines is 1. The minimum Gasteiger partial charge on any atom is -0.325 e. The van der Waals surface area contributed by atoms with E-state index in [2.05, 4.69) is 10.3 Å². The monoisotopic (exact) mass is 447 g/mol. The van der Waals surface area contributed by atoms with Crippen molar-refractivity contribution in [2.75, 3.05) is 18.1 Å². The van der Waals surface area contributed by atoms with Crippen molar-refractivity contribution in [1.82, 2.24) is 9.29 Å². The van der Waals surface area contributed by atoms with E-state index in [1.165, 1.54) is 4.31 Å². The van der Waals surface area contributed by atoms with Crippen LogP contribution in [0.25, 0.3) is 10.2 Å². The fraction of sp³-hybridized carbons (Fsp3) is 0.300. The van der Waals surface area contributed by atoms with Crippen molar-refractivity contribution in [3.8, 4) is 0 Å². The highest BCUT2D eigenvalue weighted by Gasteiger charge is 2.39. The van der Waals surface area contributed by atoms with Crippen molar-refractivity contribution in [3.63, 3.8) is 0 Å². The van der Waals surface area contributed by atoms with Crippen LogP contribution < -0.4 is 5.32 Å². The molecule has 1 atom stereocenters. The molecule has 1 saturated heterocycles. The van der Waals surface area contributed by atoms with Crippen LogP contribution in [0.5, 0.6) is 0 Å². The molecule has 0 bridgehead atoms. The lowest BCUT2D eigenvalue weighted by Crippen LogP contribution is -2.43. The zero-order chi connectivity index (χ0) is 20.6. The molecule has 0 radical (unpaired) electrons. The largest absolute Gasteiger partial charge is 0.325 e. The molecule has 2 heterocycles. The summed E-state index contributed by atoms with van der Waals surface area (Å²) in [4.78, 5) is 17.6. The molecule has 4 rings (SSSR count). The third-order valence-corrected chi connectivity index (χ3v) is 8.87. The van der Waals surface area contributed by atoms with E-state index in [0.717, 1.165) is 20.1 Å². The summed E-state index contributed by atoms with van der Waals surface area (Å²) in [6.45, 7) is 2.25. The number of sulfonamides is 1. The van der Waals surface area contributed by atoms with Crippen LogP contribution in [0.4, 0.5) is 5.69 Å². The van der Waals surface area contributed by atoms with E-state index < -0.39 is 16.1 Å². The highest BCUT2D eigenvalue weighted by Crippen LogP contribution is 2.31. The summed E-state index contributed by atoms with van der Waals surface area (Å²) in [6.07, 6.45) is 3.15. The summed E-state index contributed by atoms with van der Waals surface area (Å²) in [6, 6.07) is 11.6. The van der Waals surface area contributed by atoms with E-state index in [9.17, 15) is 13.2 Å². The molecule has 3 aromatic rings. The second-order valence-corrected chi connectivity index (χ2v) is 10.9. The lowest BCUT2D eigenvalue weighted by atomic mass is 10.2. The van der Waals surface area contributed by atoms with Gasteiger partial charge in [0.25, 0.3) is 0 Å². The summed E-state index contributed by atoms with van der Waals surface area (Å²) in [5.74, 6) is -0.299. The Kier molecular flexibility index (Phi) is 5.65. The zero-order valence-electron chi connectivity index (χ0n) is 16.1. The third-order valence-electron chi connectivity index (χ3n) is 4.94. The second-order valence-electron chi connectivity index (χ2n) is 6.94. The SMILES string of the molecule is CSc1nc2ccc(NC(=O)C3CCCN3S(=O)(=O)c3ccc(C)cc3)cc2s1. The molecule has 1 fully saturated rings. The Labute approximate surface area is 178 Å². The molecular formula is C20H21N3O3S3. The van der Waals surface area contributed by atoms with Gasteiger partial charge in [-0.1, -0.05) is 29.5 Å². The average Bonchev–Trinajstić information content (AvgIpc) is 3.35. The first-order valence-electron chi connectivity index (χ1n) is 9.22. The number of benzene rings is 2. The van der Waals surface area contributed by atoms with E-state index in [1.807, 2.05) is 25.3 Å². The molecule has 1 aromatic heterocycles. The summed E-state index contributed by atoms with van der Waals surface area (Å²) < 4.78 is 29.4. The first kappa shape index (κ1) is 20.3. The number of aromatic nitrogens is 1. The topological polar surface area (TPSA) is 79.4 Å². The van der Waals surface area contributed by atoms with Gasteiger partial charge < -0.3 is 5.32 Å². The number of hydrogen-bond donors (Lipinski definition) is 1. The van der Waals surface area contributed by atoms with Crippen molar-refractivity contribution in [2.45, 2.75) is 35.0 Å². The molecule has 152 valence electrons. The van der Waals surface area contributed by atoms with Crippen LogP contribution in [0.3, 0.4) is 0 Å². The van der Waals surface area contributed by atoms with Gasteiger partial charge >= 0.3 is 0 Å². The van der Waals surface area contributed by atoms with Crippen LogP contribution in [-0.2, 0) is 14.8 Å². The van der Waals surface area contributed by atoms with Crippen molar-refractivity contribution in [2.24, 2.45) is 0 Å². The smallest absolute Gasteiger partial charge is 0.243 e. The molecule has 29 heavy (non-hydrogen) atoms. The second kappa shape index (κ2) is 8.06. The van der Waals surface area contributed by atoms with Crippen LogP contribution >= 0.6 is 23.1 Å². The molecule has 0 spiro atoms. The number of fused-ring (bicyclic) bond motifs is 1. The molecule has 2 aromatic carbocycles. The van der Waals surface area contributed by atoms with E-state index in [-0.39, 0.29) is 10.8 Å². The third kappa shape index (κ3) is 4.05. The number of aryl methyl sites for hydroxylation is 1. The first-order chi connectivity index (χ1) is 13.9. The number of amides is 1. The Hall–Kier alpha value is -1.94. The van der Waals surface area contributed by atoms with Crippen LogP contribution in [-0.4, -0.2) is 42.5 Å². The molecule has 1 aliphatic heterocycles. The van der Waals surface area contributed by atoms with E-state index in [1.54, 1.807) is 53.4 Å². The van der Waals surface area contributed by atoms with Gasteiger partial charge in [-0.15, -0.1) is 11.3 Å². The number of carbonyl (C=O) groups excluding carboxylic acids is 1. The first-order valence-corrected chi connectivity index (χ1v) is 12.7. The number of rotatable bonds is 5. The lowest BCUT2D eigenvalue weighted by Gasteiger charge is -2.23. The summed E-state index contributed by atoms with van der Waals surface area (Å²) in [5, 5.41) is 2.89. The number of hydrogen-bond acceptors (Lipinski definition) is 6. The fourth-order valence-electron chi connectivity index (χ4n) is 3.43. The Bertz CT molecular complexity index is 1160. The van der Waals surface area contributed by atoms with Crippen LogP contribution in [0, 0.1) is 6.92 Å². The molecular weight excluding hydrogens is 426 g/mol. The maximum atomic E-state index is 13.1. The van der Waals surface area contributed by atoms with Gasteiger partial charge in [-0.25, -0.2) is 13.4 Å². The number of nitrogens with zero attached hydrogens (tertiary/aromatic N) is 2. The zero-order valence-corrected chi connectivity index (χ0v) is 18.5. The molecule has 6 nitrogen and oxygen atoms in total. The van der Waals surface area contributed by atoms with Gasteiger partial charge in [0.15, 0.2) is 4.34 Å². The maximum Gasteiger partial charge on any atom is 0.243 e.